The number of rotatable bonds is 6. The SMILES string of the molecule is O=C(O)Cc1csc(CCN2CCCC(C(=O)O)C2)n1. The van der Waals surface area contributed by atoms with E-state index >= 15 is 0 Å². The summed E-state index contributed by atoms with van der Waals surface area (Å²) in [7, 11) is 0. The summed E-state index contributed by atoms with van der Waals surface area (Å²) < 4.78 is 0. The predicted molar refractivity (Wildman–Crippen MR) is 74.0 cm³/mol. The molecule has 110 valence electrons. The summed E-state index contributed by atoms with van der Waals surface area (Å²) >= 11 is 1.47. The zero-order valence-electron chi connectivity index (χ0n) is 11.1. The fourth-order valence-electron chi connectivity index (χ4n) is 2.41. The van der Waals surface area contributed by atoms with Crippen molar-refractivity contribution in [3.8, 4) is 0 Å². The highest BCUT2D eigenvalue weighted by molar-refractivity contribution is 7.09. The molecule has 2 rings (SSSR count). The van der Waals surface area contributed by atoms with Gasteiger partial charge in [0, 0.05) is 24.9 Å². The maximum atomic E-state index is 11.0. The number of aliphatic carboxylic acids is 2. The number of hydrogen-bond acceptors (Lipinski definition) is 5. The highest BCUT2D eigenvalue weighted by Gasteiger charge is 2.25. The lowest BCUT2D eigenvalue weighted by Crippen LogP contribution is -2.39. The monoisotopic (exact) mass is 298 g/mol. The van der Waals surface area contributed by atoms with E-state index in [0.717, 1.165) is 37.4 Å². The molecule has 1 fully saturated rings. The van der Waals surface area contributed by atoms with E-state index in [0.29, 0.717) is 12.2 Å². The molecule has 1 atom stereocenters. The van der Waals surface area contributed by atoms with Crippen LogP contribution in [0.1, 0.15) is 23.5 Å². The first-order valence-electron chi connectivity index (χ1n) is 6.65. The average molecular weight is 298 g/mol. The molecule has 7 heteroatoms. The van der Waals surface area contributed by atoms with Crippen molar-refractivity contribution in [2.75, 3.05) is 19.6 Å². The third-order valence-electron chi connectivity index (χ3n) is 3.43. The Morgan fingerprint density at radius 3 is 2.95 bits per heavy atom. The second-order valence-corrected chi connectivity index (χ2v) is 5.97. The van der Waals surface area contributed by atoms with Crippen LogP contribution in [-0.4, -0.2) is 51.7 Å². The van der Waals surface area contributed by atoms with E-state index in [1.54, 1.807) is 5.38 Å². The molecule has 0 aliphatic carbocycles. The lowest BCUT2D eigenvalue weighted by molar-refractivity contribution is -0.143. The lowest BCUT2D eigenvalue weighted by Gasteiger charge is -2.30. The summed E-state index contributed by atoms with van der Waals surface area (Å²) in [6.07, 6.45) is 2.38. The van der Waals surface area contributed by atoms with E-state index in [1.165, 1.54) is 11.3 Å². The van der Waals surface area contributed by atoms with Crippen LogP contribution in [0.2, 0.25) is 0 Å². The molecule has 1 aromatic heterocycles. The van der Waals surface area contributed by atoms with Gasteiger partial charge in [-0.2, -0.15) is 0 Å². The number of aromatic nitrogens is 1. The van der Waals surface area contributed by atoms with Gasteiger partial charge in [-0.15, -0.1) is 11.3 Å². The van der Waals surface area contributed by atoms with Gasteiger partial charge in [0.25, 0.3) is 0 Å². The van der Waals surface area contributed by atoms with Crippen LogP contribution in [0.5, 0.6) is 0 Å². The summed E-state index contributed by atoms with van der Waals surface area (Å²) in [6, 6.07) is 0. The Morgan fingerprint density at radius 1 is 1.45 bits per heavy atom. The van der Waals surface area contributed by atoms with Crippen molar-refractivity contribution in [1.29, 1.82) is 0 Å². The number of carbonyl (C=O) groups is 2. The third-order valence-corrected chi connectivity index (χ3v) is 4.39. The molecule has 1 saturated heterocycles. The van der Waals surface area contributed by atoms with E-state index in [2.05, 4.69) is 9.88 Å². The van der Waals surface area contributed by atoms with Crippen LogP contribution in [0, 0.1) is 5.92 Å². The molecule has 0 spiro atoms. The van der Waals surface area contributed by atoms with Crippen molar-refractivity contribution in [2.24, 2.45) is 5.92 Å². The molecular formula is C13H18N2O4S. The van der Waals surface area contributed by atoms with Gasteiger partial charge in [0.1, 0.15) is 0 Å². The summed E-state index contributed by atoms with van der Waals surface area (Å²) in [5, 5.41) is 20.4. The fraction of sp³-hybridized carbons (Fsp3) is 0.615. The standard InChI is InChI=1S/C13H18N2O4S/c16-12(17)6-10-8-20-11(14-10)3-5-15-4-1-2-9(7-15)13(18)19/h8-9H,1-7H2,(H,16,17)(H,18,19). The van der Waals surface area contributed by atoms with Crippen molar-refractivity contribution in [2.45, 2.75) is 25.7 Å². The van der Waals surface area contributed by atoms with Gasteiger partial charge in [-0.05, 0) is 19.4 Å². The molecular weight excluding hydrogens is 280 g/mol. The lowest BCUT2D eigenvalue weighted by atomic mass is 9.98. The minimum Gasteiger partial charge on any atom is -0.481 e. The first kappa shape index (κ1) is 14.9. The van der Waals surface area contributed by atoms with Gasteiger partial charge in [-0.3, -0.25) is 9.59 Å². The molecule has 0 saturated carbocycles. The Morgan fingerprint density at radius 2 is 2.25 bits per heavy atom. The van der Waals surface area contributed by atoms with Crippen molar-refractivity contribution < 1.29 is 19.8 Å². The Balaban J connectivity index is 1.81. The Labute approximate surface area is 121 Å². The van der Waals surface area contributed by atoms with Gasteiger partial charge in [0.2, 0.25) is 0 Å². The second kappa shape index (κ2) is 6.81. The maximum Gasteiger partial charge on any atom is 0.309 e. The van der Waals surface area contributed by atoms with Crippen LogP contribution in [0.4, 0.5) is 0 Å². The van der Waals surface area contributed by atoms with Gasteiger partial charge >= 0.3 is 11.9 Å². The normalized spacial score (nSPS) is 19.9. The van der Waals surface area contributed by atoms with Crippen LogP contribution in [0.3, 0.4) is 0 Å². The smallest absolute Gasteiger partial charge is 0.309 e. The molecule has 0 radical (unpaired) electrons. The topological polar surface area (TPSA) is 90.7 Å². The number of likely N-dealkylation sites (tertiary alicyclic amines) is 1. The van der Waals surface area contributed by atoms with E-state index in [1.807, 2.05) is 0 Å². The zero-order chi connectivity index (χ0) is 14.5. The number of carboxylic acid groups (broad SMARTS) is 2. The van der Waals surface area contributed by atoms with Crippen LogP contribution < -0.4 is 0 Å². The van der Waals surface area contributed by atoms with Crippen molar-refractivity contribution in [3.05, 3.63) is 16.1 Å². The molecule has 0 amide bonds. The number of nitrogens with zero attached hydrogens (tertiary/aromatic N) is 2. The van der Waals surface area contributed by atoms with Crippen molar-refractivity contribution >= 4 is 23.3 Å². The molecule has 20 heavy (non-hydrogen) atoms. The quantitative estimate of drug-likeness (QED) is 0.817. The number of piperidine rings is 1. The summed E-state index contributed by atoms with van der Waals surface area (Å²) in [6.45, 7) is 2.31. The summed E-state index contributed by atoms with van der Waals surface area (Å²) in [4.78, 5) is 28.0. The molecule has 1 aromatic rings. The number of hydrogen-bond donors (Lipinski definition) is 2. The Hall–Kier alpha value is -1.47. The minimum absolute atomic E-state index is 0.0404. The first-order valence-corrected chi connectivity index (χ1v) is 7.53. The number of thiazole rings is 1. The number of carboxylic acids is 2. The van der Waals surface area contributed by atoms with Gasteiger partial charge in [-0.25, -0.2) is 4.98 Å². The molecule has 0 aromatic carbocycles. The van der Waals surface area contributed by atoms with Crippen LogP contribution in [-0.2, 0) is 22.4 Å². The van der Waals surface area contributed by atoms with Crippen LogP contribution in [0.25, 0.3) is 0 Å². The zero-order valence-corrected chi connectivity index (χ0v) is 11.9. The molecule has 1 aliphatic rings. The fourth-order valence-corrected chi connectivity index (χ4v) is 3.20. The van der Waals surface area contributed by atoms with E-state index in [9.17, 15) is 9.59 Å². The van der Waals surface area contributed by atoms with Gasteiger partial charge < -0.3 is 15.1 Å². The van der Waals surface area contributed by atoms with E-state index in [4.69, 9.17) is 10.2 Å². The minimum atomic E-state index is -0.873. The second-order valence-electron chi connectivity index (χ2n) is 5.03. The summed E-state index contributed by atoms with van der Waals surface area (Å²) in [5.74, 6) is -1.85. The Kier molecular flexibility index (Phi) is 5.08. The van der Waals surface area contributed by atoms with Crippen molar-refractivity contribution in [3.63, 3.8) is 0 Å². The van der Waals surface area contributed by atoms with Crippen LogP contribution >= 0.6 is 11.3 Å². The Bertz CT molecular complexity index is 488. The highest BCUT2D eigenvalue weighted by Crippen LogP contribution is 2.18. The van der Waals surface area contributed by atoms with Crippen LogP contribution in [0.15, 0.2) is 5.38 Å². The van der Waals surface area contributed by atoms with E-state index in [-0.39, 0.29) is 12.3 Å². The highest BCUT2D eigenvalue weighted by atomic mass is 32.1. The average Bonchev–Trinajstić information content (AvgIpc) is 2.83. The molecule has 0 bridgehead atoms. The molecule has 6 nitrogen and oxygen atoms in total. The van der Waals surface area contributed by atoms with Gasteiger partial charge in [0.15, 0.2) is 0 Å². The third kappa shape index (κ3) is 4.28. The predicted octanol–water partition coefficient (Wildman–Crippen LogP) is 1.11. The van der Waals surface area contributed by atoms with Gasteiger partial charge in [-0.1, -0.05) is 0 Å². The molecule has 1 unspecified atom stereocenters. The summed E-state index contributed by atoms with van der Waals surface area (Å²) in [5.41, 5.74) is 0.597. The van der Waals surface area contributed by atoms with E-state index < -0.39 is 11.9 Å². The largest absolute Gasteiger partial charge is 0.481 e. The molecule has 1 aliphatic heterocycles. The molecule has 2 heterocycles. The maximum absolute atomic E-state index is 11.0. The van der Waals surface area contributed by atoms with Gasteiger partial charge in [0.05, 0.1) is 23.0 Å². The first-order chi connectivity index (χ1) is 9.54. The van der Waals surface area contributed by atoms with Crippen molar-refractivity contribution in [1.82, 2.24) is 9.88 Å². The molecule has 2 N–H and O–H groups in total.